The van der Waals surface area contributed by atoms with E-state index in [9.17, 15) is 19.5 Å². The molecule has 1 aliphatic rings. The molecule has 10 nitrogen and oxygen atoms in total. The molecule has 2 aromatic carbocycles. The number of amides is 1. The van der Waals surface area contributed by atoms with E-state index in [1.807, 2.05) is 13.8 Å². The van der Waals surface area contributed by atoms with Crippen LogP contribution in [0.2, 0.25) is 0 Å². The number of aliphatic hydroxyl groups excluding tert-OH is 1. The largest absolute Gasteiger partial charge is 0.507 e. The molecule has 1 aromatic heterocycles. The van der Waals surface area contributed by atoms with Crippen LogP contribution in [0, 0.1) is 6.92 Å². The average Bonchev–Trinajstić information content (AvgIpc) is 3.44. The summed E-state index contributed by atoms with van der Waals surface area (Å²) in [6, 6.07) is 10.4. The molecule has 11 heteroatoms. The van der Waals surface area contributed by atoms with Crippen molar-refractivity contribution in [2.24, 2.45) is 0 Å². The molecule has 0 spiro atoms. The van der Waals surface area contributed by atoms with E-state index < -0.39 is 23.7 Å². The summed E-state index contributed by atoms with van der Waals surface area (Å²) in [5.74, 6) is -1.34. The molecule has 0 aliphatic carbocycles. The van der Waals surface area contributed by atoms with Crippen molar-refractivity contribution >= 4 is 39.9 Å². The first-order valence-electron chi connectivity index (χ1n) is 12.6. The van der Waals surface area contributed by atoms with Crippen molar-refractivity contribution in [3.05, 3.63) is 69.7 Å². The highest BCUT2D eigenvalue weighted by molar-refractivity contribution is 7.17. The van der Waals surface area contributed by atoms with E-state index in [0.29, 0.717) is 34.1 Å². The monoisotopic (exact) mass is 566 g/mol. The first-order chi connectivity index (χ1) is 19.1. The van der Waals surface area contributed by atoms with Crippen LogP contribution in [0.3, 0.4) is 0 Å². The Morgan fingerprint density at radius 3 is 2.35 bits per heavy atom. The van der Waals surface area contributed by atoms with Gasteiger partial charge in [-0.05, 0) is 69.7 Å². The van der Waals surface area contributed by atoms with Gasteiger partial charge in [-0.1, -0.05) is 17.4 Å². The van der Waals surface area contributed by atoms with Gasteiger partial charge in [-0.15, -0.1) is 0 Å². The lowest BCUT2D eigenvalue weighted by molar-refractivity contribution is -0.132. The van der Waals surface area contributed by atoms with Gasteiger partial charge in [-0.2, -0.15) is 0 Å². The number of aliphatic hydroxyl groups is 1. The number of hydrogen-bond acceptors (Lipinski definition) is 10. The van der Waals surface area contributed by atoms with E-state index in [-0.39, 0.29) is 34.1 Å². The average molecular weight is 567 g/mol. The Morgan fingerprint density at radius 1 is 1.07 bits per heavy atom. The molecular formula is C29H30N2O8S. The van der Waals surface area contributed by atoms with Crippen molar-refractivity contribution in [3.63, 3.8) is 0 Å². The van der Waals surface area contributed by atoms with Crippen molar-refractivity contribution in [2.75, 3.05) is 25.7 Å². The van der Waals surface area contributed by atoms with Gasteiger partial charge in [0.15, 0.2) is 16.6 Å². The lowest BCUT2D eigenvalue weighted by atomic mass is 9.95. The molecule has 0 radical (unpaired) electrons. The van der Waals surface area contributed by atoms with Gasteiger partial charge in [0, 0.05) is 5.56 Å². The number of nitrogens with zero attached hydrogens (tertiary/aromatic N) is 2. The Bertz CT molecular complexity index is 1480. The van der Waals surface area contributed by atoms with E-state index in [2.05, 4.69) is 4.98 Å². The number of ketones is 1. The number of hydrogen-bond donors (Lipinski definition) is 1. The highest BCUT2D eigenvalue weighted by Gasteiger charge is 2.48. The fourth-order valence-electron chi connectivity index (χ4n) is 4.36. The van der Waals surface area contributed by atoms with Crippen LogP contribution in [0.5, 0.6) is 17.2 Å². The number of Topliss-reactive ketones (excluding diaryl/α,β-unsaturated/α-hetero) is 1. The van der Waals surface area contributed by atoms with Gasteiger partial charge in [0.2, 0.25) is 0 Å². The molecule has 2 heterocycles. The quantitative estimate of drug-likeness (QED) is 0.164. The SMILES string of the molecule is CCOC(=O)c1sc(N2C(=O)C(=O)/C(=C(/O)c3ccc(OC(C)C)cc3)C2c2ccc(OC)c(OC)c2)nc1C. The zero-order valence-electron chi connectivity index (χ0n) is 23.0. The molecular weight excluding hydrogens is 536 g/mol. The Morgan fingerprint density at radius 2 is 1.75 bits per heavy atom. The maximum Gasteiger partial charge on any atom is 0.350 e. The van der Waals surface area contributed by atoms with Crippen molar-refractivity contribution in [3.8, 4) is 17.2 Å². The topological polar surface area (TPSA) is 124 Å². The molecule has 0 bridgehead atoms. The highest BCUT2D eigenvalue weighted by atomic mass is 32.1. The summed E-state index contributed by atoms with van der Waals surface area (Å²) in [6.45, 7) is 7.27. The number of carbonyl (C=O) groups is 3. The van der Waals surface area contributed by atoms with E-state index in [1.165, 1.54) is 19.1 Å². The predicted molar refractivity (Wildman–Crippen MR) is 149 cm³/mol. The summed E-state index contributed by atoms with van der Waals surface area (Å²) in [4.78, 5) is 45.3. The van der Waals surface area contributed by atoms with Gasteiger partial charge >= 0.3 is 11.9 Å². The summed E-state index contributed by atoms with van der Waals surface area (Å²) in [7, 11) is 2.96. The molecule has 1 fully saturated rings. The molecule has 1 aliphatic heterocycles. The maximum absolute atomic E-state index is 13.5. The maximum atomic E-state index is 13.5. The number of benzene rings is 2. The molecule has 40 heavy (non-hydrogen) atoms. The Labute approximate surface area is 235 Å². The Balaban J connectivity index is 1.90. The molecule has 1 atom stereocenters. The summed E-state index contributed by atoms with van der Waals surface area (Å²) in [6.07, 6.45) is -0.0453. The first kappa shape index (κ1) is 28.6. The van der Waals surface area contributed by atoms with Crippen LogP contribution in [0.1, 0.15) is 53.3 Å². The van der Waals surface area contributed by atoms with Crippen LogP contribution < -0.4 is 19.1 Å². The number of ether oxygens (including phenoxy) is 4. The highest BCUT2D eigenvalue weighted by Crippen LogP contribution is 2.45. The summed E-state index contributed by atoms with van der Waals surface area (Å²) >= 11 is 0.934. The molecule has 1 N–H and O–H groups in total. The van der Waals surface area contributed by atoms with Crippen molar-refractivity contribution < 1.29 is 38.4 Å². The lowest BCUT2D eigenvalue weighted by Gasteiger charge is -2.23. The minimum atomic E-state index is -1.08. The third kappa shape index (κ3) is 5.37. The van der Waals surface area contributed by atoms with Gasteiger partial charge in [0.05, 0.1) is 44.2 Å². The molecule has 4 rings (SSSR count). The normalized spacial score (nSPS) is 16.4. The standard InChI is InChI=1S/C29H30N2O8S/c1-7-38-28(35)26-16(4)30-29(40-26)31-23(18-10-13-20(36-5)21(14-18)37-6)22(25(33)27(31)34)24(32)17-8-11-19(12-9-17)39-15(2)3/h8-15,23,32H,7H2,1-6H3/b24-22+. The van der Waals surface area contributed by atoms with Crippen LogP contribution in [-0.4, -0.2) is 54.7 Å². The van der Waals surface area contributed by atoms with Crippen LogP contribution >= 0.6 is 11.3 Å². The van der Waals surface area contributed by atoms with Crippen molar-refractivity contribution in [1.82, 2.24) is 4.98 Å². The predicted octanol–water partition coefficient (Wildman–Crippen LogP) is 5.06. The van der Waals surface area contributed by atoms with Crippen molar-refractivity contribution in [1.29, 1.82) is 0 Å². The number of methoxy groups -OCH3 is 2. The van der Waals surface area contributed by atoms with E-state index in [0.717, 1.165) is 11.3 Å². The lowest BCUT2D eigenvalue weighted by Crippen LogP contribution is -2.29. The third-order valence-electron chi connectivity index (χ3n) is 6.12. The summed E-state index contributed by atoms with van der Waals surface area (Å²) in [5, 5.41) is 11.5. The van der Waals surface area contributed by atoms with Crippen LogP contribution in [0.25, 0.3) is 5.76 Å². The number of thiazole rings is 1. The van der Waals surface area contributed by atoms with Gasteiger partial charge in [0.25, 0.3) is 5.78 Å². The molecule has 210 valence electrons. The van der Waals surface area contributed by atoms with E-state index in [4.69, 9.17) is 18.9 Å². The van der Waals surface area contributed by atoms with Crippen molar-refractivity contribution in [2.45, 2.75) is 39.8 Å². The minimum absolute atomic E-state index is 0.0453. The van der Waals surface area contributed by atoms with Gasteiger partial charge in [-0.25, -0.2) is 9.78 Å². The first-order valence-corrected chi connectivity index (χ1v) is 13.4. The number of carbonyl (C=O) groups excluding carboxylic acids is 3. The molecule has 1 amide bonds. The fourth-order valence-corrected chi connectivity index (χ4v) is 5.35. The third-order valence-corrected chi connectivity index (χ3v) is 7.26. The smallest absolute Gasteiger partial charge is 0.350 e. The van der Waals surface area contributed by atoms with Gasteiger partial charge in [-0.3, -0.25) is 14.5 Å². The van der Waals surface area contributed by atoms with Gasteiger partial charge in [0.1, 0.15) is 16.4 Å². The minimum Gasteiger partial charge on any atom is -0.507 e. The zero-order chi connectivity index (χ0) is 29.1. The second-order valence-electron chi connectivity index (χ2n) is 9.11. The van der Waals surface area contributed by atoms with Crippen LogP contribution in [-0.2, 0) is 14.3 Å². The summed E-state index contributed by atoms with van der Waals surface area (Å²) < 4.78 is 21.6. The van der Waals surface area contributed by atoms with E-state index >= 15 is 0 Å². The fraction of sp³-hybridized carbons (Fsp3) is 0.310. The number of anilines is 1. The number of aryl methyl sites for hydroxylation is 1. The number of esters is 1. The van der Waals surface area contributed by atoms with Crippen LogP contribution in [0.4, 0.5) is 5.13 Å². The van der Waals surface area contributed by atoms with E-state index in [1.54, 1.807) is 56.3 Å². The molecule has 0 saturated carbocycles. The second kappa shape index (κ2) is 11.8. The molecule has 1 saturated heterocycles. The van der Waals surface area contributed by atoms with Gasteiger partial charge < -0.3 is 24.1 Å². The Kier molecular flexibility index (Phi) is 8.43. The number of aromatic nitrogens is 1. The number of rotatable bonds is 9. The zero-order valence-corrected chi connectivity index (χ0v) is 23.8. The van der Waals surface area contributed by atoms with Crippen LogP contribution in [0.15, 0.2) is 48.0 Å². The molecule has 3 aromatic rings. The molecule has 1 unspecified atom stereocenters. The second-order valence-corrected chi connectivity index (χ2v) is 10.1. The Hall–Kier alpha value is -4.38. The summed E-state index contributed by atoms with van der Waals surface area (Å²) in [5.41, 5.74) is 0.998.